The van der Waals surface area contributed by atoms with E-state index in [0.29, 0.717) is 22.9 Å². The van der Waals surface area contributed by atoms with E-state index in [1.807, 2.05) is 30.3 Å². The Balaban J connectivity index is 1.40. The van der Waals surface area contributed by atoms with Crippen molar-refractivity contribution in [3.8, 4) is 22.8 Å². The van der Waals surface area contributed by atoms with Crippen LogP contribution < -0.4 is 0 Å². The first-order valence-corrected chi connectivity index (χ1v) is 7.57. The van der Waals surface area contributed by atoms with Crippen LogP contribution in [0.1, 0.15) is 16.2 Å². The van der Waals surface area contributed by atoms with Crippen molar-refractivity contribution >= 4 is 5.97 Å². The summed E-state index contributed by atoms with van der Waals surface area (Å²) in [6, 6.07) is 16.4. The molecule has 0 aliphatic rings. The van der Waals surface area contributed by atoms with Gasteiger partial charge in [0.2, 0.25) is 0 Å². The number of nitrogens with one attached hydrogen (secondary N) is 1. The van der Waals surface area contributed by atoms with E-state index >= 15 is 0 Å². The van der Waals surface area contributed by atoms with Gasteiger partial charge in [0.1, 0.15) is 23.7 Å². The third-order valence-electron chi connectivity index (χ3n) is 3.54. The van der Waals surface area contributed by atoms with Crippen LogP contribution in [0.25, 0.3) is 22.8 Å². The van der Waals surface area contributed by atoms with E-state index in [0.717, 1.165) is 5.56 Å². The third kappa shape index (κ3) is 3.20. The van der Waals surface area contributed by atoms with E-state index in [1.54, 1.807) is 24.3 Å². The number of carbonyl (C=O) groups is 1. The lowest BCUT2D eigenvalue weighted by Crippen LogP contribution is -2.05. The Morgan fingerprint density at radius 2 is 1.96 bits per heavy atom. The van der Waals surface area contributed by atoms with E-state index in [-0.39, 0.29) is 12.3 Å². The number of hydrogen-bond acceptors (Lipinski definition) is 6. The lowest BCUT2D eigenvalue weighted by molar-refractivity contribution is 0.0457. The van der Waals surface area contributed by atoms with Crippen LogP contribution >= 0.6 is 0 Å². The van der Waals surface area contributed by atoms with Gasteiger partial charge < -0.3 is 13.7 Å². The molecule has 0 bridgehead atoms. The van der Waals surface area contributed by atoms with Crippen molar-refractivity contribution in [2.24, 2.45) is 0 Å². The number of aromatic amines is 1. The van der Waals surface area contributed by atoms with Gasteiger partial charge in [0, 0.05) is 17.7 Å². The van der Waals surface area contributed by atoms with Crippen molar-refractivity contribution in [2.75, 3.05) is 0 Å². The molecule has 124 valence electrons. The second-order valence-electron chi connectivity index (χ2n) is 5.27. The van der Waals surface area contributed by atoms with Crippen molar-refractivity contribution in [3.63, 3.8) is 0 Å². The average Bonchev–Trinajstić information content (AvgIpc) is 3.41. The van der Waals surface area contributed by atoms with Crippen LogP contribution in [0.15, 0.2) is 69.8 Å². The van der Waals surface area contributed by atoms with Crippen LogP contribution in [-0.2, 0) is 11.3 Å². The molecule has 0 atom stereocenters. The lowest BCUT2D eigenvalue weighted by Gasteiger charge is -1.98. The van der Waals surface area contributed by atoms with E-state index in [2.05, 4.69) is 15.4 Å². The van der Waals surface area contributed by atoms with Crippen molar-refractivity contribution in [1.29, 1.82) is 0 Å². The number of esters is 1. The minimum absolute atomic E-state index is 0.00424. The maximum absolute atomic E-state index is 12.1. The maximum atomic E-state index is 12.1. The molecule has 3 heterocycles. The van der Waals surface area contributed by atoms with E-state index in [9.17, 15) is 4.79 Å². The van der Waals surface area contributed by atoms with Crippen LogP contribution in [0.5, 0.6) is 0 Å². The average molecular weight is 335 g/mol. The second-order valence-corrected chi connectivity index (χ2v) is 5.27. The van der Waals surface area contributed by atoms with E-state index in [1.165, 1.54) is 6.26 Å². The summed E-state index contributed by atoms with van der Waals surface area (Å²) in [5.74, 6) is 0.655. The van der Waals surface area contributed by atoms with Crippen LogP contribution in [0.3, 0.4) is 0 Å². The Labute approximate surface area is 142 Å². The predicted octanol–water partition coefficient (Wildman–Crippen LogP) is 3.68. The van der Waals surface area contributed by atoms with Gasteiger partial charge in [0.05, 0.1) is 6.26 Å². The highest BCUT2D eigenvalue weighted by molar-refractivity contribution is 5.88. The van der Waals surface area contributed by atoms with Crippen LogP contribution in [0, 0.1) is 0 Å². The smallest absolute Gasteiger partial charge is 0.356 e. The van der Waals surface area contributed by atoms with Gasteiger partial charge in [-0.1, -0.05) is 35.5 Å². The fourth-order valence-electron chi connectivity index (χ4n) is 2.31. The number of nitrogens with zero attached hydrogens (tertiary/aromatic N) is 2. The van der Waals surface area contributed by atoms with Crippen LogP contribution in [0.2, 0.25) is 0 Å². The number of furan rings is 1. The molecule has 0 aliphatic carbocycles. The molecule has 0 spiro atoms. The number of carbonyl (C=O) groups excluding carboxylic acids is 1. The number of ether oxygens (including phenoxy) is 1. The molecule has 25 heavy (non-hydrogen) atoms. The first-order chi connectivity index (χ1) is 12.3. The molecule has 0 fully saturated rings. The molecule has 1 aromatic carbocycles. The van der Waals surface area contributed by atoms with Crippen molar-refractivity contribution in [2.45, 2.75) is 6.61 Å². The molecule has 0 amide bonds. The van der Waals surface area contributed by atoms with Crippen molar-refractivity contribution in [3.05, 3.63) is 72.2 Å². The number of H-pyrrole nitrogens is 1. The normalized spacial score (nSPS) is 10.7. The zero-order valence-corrected chi connectivity index (χ0v) is 13.0. The fraction of sp³-hybridized carbons (Fsp3) is 0.0556. The van der Waals surface area contributed by atoms with Gasteiger partial charge in [-0.15, -0.1) is 0 Å². The first-order valence-electron chi connectivity index (χ1n) is 7.57. The molecule has 1 N–H and O–H groups in total. The standard InChI is InChI=1S/C18H13N3O4/c22-18(15-10-14(19-20-15)16-7-4-8-23-16)24-11-13-9-17(25-21-13)12-5-2-1-3-6-12/h1-10H,11H2,(H,19,20). The summed E-state index contributed by atoms with van der Waals surface area (Å²) in [5, 5.41) is 10.6. The summed E-state index contributed by atoms with van der Waals surface area (Å²) in [6.45, 7) is 0.00424. The summed E-state index contributed by atoms with van der Waals surface area (Å²) < 4.78 is 15.7. The monoisotopic (exact) mass is 335 g/mol. The highest BCUT2D eigenvalue weighted by atomic mass is 16.5. The summed E-state index contributed by atoms with van der Waals surface area (Å²) in [4.78, 5) is 12.1. The topological polar surface area (TPSA) is 94.2 Å². The molecular formula is C18H13N3O4. The molecule has 0 saturated heterocycles. The SMILES string of the molecule is O=C(OCc1cc(-c2ccccc2)on1)c1cc(-c2ccco2)n[nH]1. The molecule has 0 aliphatic heterocycles. The molecule has 0 saturated carbocycles. The summed E-state index contributed by atoms with van der Waals surface area (Å²) in [5.41, 5.74) is 2.20. The quantitative estimate of drug-likeness (QED) is 0.559. The Morgan fingerprint density at radius 1 is 1.08 bits per heavy atom. The van der Waals surface area contributed by atoms with Crippen molar-refractivity contribution < 1.29 is 18.5 Å². The summed E-state index contributed by atoms with van der Waals surface area (Å²) in [6.07, 6.45) is 1.54. The number of benzene rings is 1. The van der Waals surface area contributed by atoms with Gasteiger partial charge in [-0.05, 0) is 12.1 Å². The predicted molar refractivity (Wildman–Crippen MR) is 87.3 cm³/mol. The number of hydrogen-bond donors (Lipinski definition) is 1. The minimum atomic E-state index is -0.533. The molecule has 7 nitrogen and oxygen atoms in total. The van der Waals surface area contributed by atoms with Gasteiger partial charge >= 0.3 is 5.97 Å². The first kappa shape index (κ1) is 14.9. The largest absolute Gasteiger partial charge is 0.463 e. The van der Waals surface area contributed by atoms with Crippen LogP contribution in [-0.4, -0.2) is 21.3 Å². The number of rotatable bonds is 5. The lowest BCUT2D eigenvalue weighted by atomic mass is 10.2. The number of aromatic nitrogens is 3. The van der Waals surface area contributed by atoms with Crippen molar-refractivity contribution in [1.82, 2.24) is 15.4 Å². The molecule has 4 aromatic rings. The molecule has 0 radical (unpaired) electrons. The Hall–Kier alpha value is -3.61. The fourth-order valence-corrected chi connectivity index (χ4v) is 2.31. The summed E-state index contributed by atoms with van der Waals surface area (Å²) in [7, 11) is 0. The molecule has 0 unspecified atom stereocenters. The third-order valence-corrected chi connectivity index (χ3v) is 3.54. The Morgan fingerprint density at radius 3 is 2.76 bits per heavy atom. The van der Waals surface area contributed by atoms with Gasteiger partial charge in [-0.2, -0.15) is 5.10 Å². The summed E-state index contributed by atoms with van der Waals surface area (Å²) >= 11 is 0. The van der Waals surface area contributed by atoms with Gasteiger partial charge in [-0.25, -0.2) is 4.79 Å². The molecular weight excluding hydrogens is 322 g/mol. The van der Waals surface area contributed by atoms with Gasteiger partial charge in [-0.3, -0.25) is 5.10 Å². The highest BCUT2D eigenvalue weighted by Gasteiger charge is 2.15. The minimum Gasteiger partial charge on any atom is -0.463 e. The van der Waals surface area contributed by atoms with Crippen LogP contribution in [0.4, 0.5) is 0 Å². The zero-order valence-electron chi connectivity index (χ0n) is 13.0. The Bertz CT molecular complexity index is 971. The van der Waals surface area contributed by atoms with Gasteiger partial charge in [0.25, 0.3) is 0 Å². The van der Waals surface area contributed by atoms with E-state index in [4.69, 9.17) is 13.7 Å². The highest BCUT2D eigenvalue weighted by Crippen LogP contribution is 2.21. The molecule has 4 rings (SSSR count). The van der Waals surface area contributed by atoms with Gasteiger partial charge in [0.15, 0.2) is 11.5 Å². The Kier molecular flexibility index (Phi) is 3.88. The zero-order chi connectivity index (χ0) is 17.1. The van der Waals surface area contributed by atoms with E-state index < -0.39 is 5.97 Å². The maximum Gasteiger partial charge on any atom is 0.356 e. The second kappa shape index (κ2) is 6.48. The molecule has 3 aromatic heterocycles. The molecule has 7 heteroatoms.